The van der Waals surface area contributed by atoms with Crippen molar-refractivity contribution in [3.8, 4) is 5.75 Å². The number of ether oxygens (including phenoxy) is 1. The van der Waals surface area contributed by atoms with Gasteiger partial charge in [-0.05, 0) is 96.1 Å². The number of benzene rings is 2. The Labute approximate surface area is 148 Å². The van der Waals surface area contributed by atoms with E-state index in [1.165, 1.54) is 6.07 Å². The van der Waals surface area contributed by atoms with Gasteiger partial charge in [0.15, 0.2) is 0 Å². The molecule has 0 heterocycles. The van der Waals surface area contributed by atoms with Crippen molar-refractivity contribution < 1.29 is 9.13 Å². The molecule has 2 nitrogen and oxygen atoms in total. The highest BCUT2D eigenvalue weighted by molar-refractivity contribution is 9.11. The number of hydrogen-bond acceptors (Lipinski definition) is 2. The van der Waals surface area contributed by atoms with Crippen molar-refractivity contribution in [1.29, 1.82) is 0 Å². The molecule has 0 radical (unpaired) electrons. The summed E-state index contributed by atoms with van der Waals surface area (Å²) in [6.45, 7) is 0.953. The van der Waals surface area contributed by atoms with E-state index >= 15 is 0 Å². The summed E-state index contributed by atoms with van der Waals surface area (Å²) < 4.78 is 21.2. The van der Waals surface area contributed by atoms with Crippen molar-refractivity contribution in [3.63, 3.8) is 0 Å². The van der Waals surface area contributed by atoms with Crippen molar-refractivity contribution in [2.24, 2.45) is 5.73 Å². The third-order valence-electron chi connectivity index (χ3n) is 2.86. The molecular formula is C15H13Br3FNO. The molecule has 6 heteroatoms. The van der Waals surface area contributed by atoms with Crippen molar-refractivity contribution >= 4 is 47.8 Å². The zero-order valence-electron chi connectivity index (χ0n) is 11.0. The highest BCUT2D eigenvalue weighted by Gasteiger charge is 2.10. The van der Waals surface area contributed by atoms with Gasteiger partial charge in [-0.3, -0.25) is 0 Å². The van der Waals surface area contributed by atoms with Crippen LogP contribution < -0.4 is 10.5 Å². The molecule has 112 valence electrons. The van der Waals surface area contributed by atoms with Crippen LogP contribution in [0.1, 0.15) is 11.1 Å². The van der Waals surface area contributed by atoms with E-state index < -0.39 is 0 Å². The summed E-state index contributed by atoms with van der Waals surface area (Å²) in [5, 5.41) is 0. The van der Waals surface area contributed by atoms with Gasteiger partial charge in [-0.25, -0.2) is 4.39 Å². The van der Waals surface area contributed by atoms with Crippen LogP contribution in [0.2, 0.25) is 0 Å². The first-order chi connectivity index (χ1) is 10.0. The maximum absolute atomic E-state index is 13.2. The van der Waals surface area contributed by atoms with Crippen LogP contribution in [-0.2, 0) is 13.0 Å². The highest BCUT2D eigenvalue weighted by Crippen LogP contribution is 2.35. The lowest BCUT2D eigenvalue weighted by Crippen LogP contribution is -2.03. The zero-order valence-corrected chi connectivity index (χ0v) is 15.8. The van der Waals surface area contributed by atoms with Crippen LogP contribution in [0.5, 0.6) is 5.75 Å². The zero-order chi connectivity index (χ0) is 15.4. The van der Waals surface area contributed by atoms with Crippen molar-refractivity contribution in [3.05, 3.63) is 60.7 Å². The Kier molecular flexibility index (Phi) is 6.22. The Morgan fingerprint density at radius 2 is 1.57 bits per heavy atom. The minimum Gasteiger partial charge on any atom is -0.487 e. The molecule has 0 saturated heterocycles. The quantitative estimate of drug-likeness (QED) is 0.637. The van der Waals surface area contributed by atoms with Gasteiger partial charge >= 0.3 is 0 Å². The Hall–Kier alpha value is -0.430. The fraction of sp³-hybridized carbons (Fsp3) is 0.200. The van der Waals surface area contributed by atoms with Gasteiger partial charge in [0.25, 0.3) is 0 Å². The molecule has 0 atom stereocenters. The van der Waals surface area contributed by atoms with Gasteiger partial charge in [0, 0.05) is 0 Å². The SMILES string of the molecule is NCCc1cc(Br)c(OCc2ccc(F)c(Br)c2)c(Br)c1. The largest absolute Gasteiger partial charge is 0.487 e. The topological polar surface area (TPSA) is 35.2 Å². The minimum atomic E-state index is -0.285. The molecule has 0 aliphatic heterocycles. The summed E-state index contributed by atoms with van der Waals surface area (Å²) >= 11 is 10.2. The number of nitrogens with two attached hydrogens (primary N) is 1. The summed E-state index contributed by atoms with van der Waals surface area (Å²) in [4.78, 5) is 0. The maximum Gasteiger partial charge on any atom is 0.148 e. The average molecular weight is 482 g/mol. The van der Waals surface area contributed by atoms with Gasteiger partial charge in [-0.15, -0.1) is 0 Å². The summed E-state index contributed by atoms with van der Waals surface area (Å²) in [6.07, 6.45) is 0.808. The van der Waals surface area contributed by atoms with Crippen LogP contribution in [0.25, 0.3) is 0 Å². The van der Waals surface area contributed by atoms with E-state index in [-0.39, 0.29) is 5.82 Å². The van der Waals surface area contributed by atoms with E-state index in [1.54, 1.807) is 12.1 Å². The summed E-state index contributed by atoms with van der Waals surface area (Å²) in [5.41, 5.74) is 7.58. The van der Waals surface area contributed by atoms with E-state index in [9.17, 15) is 4.39 Å². The van der Waals surface area contributed by atoms with Gasteiger partial charge < -0.3 is 10.5 Å². The molecule has 2 aromatic rings. The van der Waals surface area contributed by atoms with Crippen molar-refractivity contribution in [1.82, 2.24) is 0 Å². The normalized spacial score (nSPS) is 10.7. The lowest BCUT2D eigenvalue weighted by atomic mass is 10.1. The minimum absolute atomic E-state index is 0.285. The second kappa shape index (κ2) is 7.72. The second-order valence-electron chi connectivity index (χ2n) is 4.46. The smallest absolute Gasteiger partial charge is 0.148 e. The Morgan fingerprint density at radius 3 is 2.14 bits per heavy atom. The molecule has 0 spiro atoms. The standard InChI is InChI=1S/C15H13Br3FNO/c16-11-7-10(1-2-14(11)19)8-21-15-12(17)5-9(3-4-20)6-13(15)18/h1-2,5-7H,3-4,8,20H2. The first kappa shape index (κ1) is 16.9. The van der Waals surface area contributed by atoms with E-state index in [0.717, 1.165) is 32.2 Å². The van der Waals surface area contributed by atoms with Crippen LogP contribution in [0.4, 0.5) is 4.39 Å². The molecule has 21 heavy (non-hydrogen) atoms. The lowest BCUT2D eigenvalue weighted by molar-refractivity contribution is 0.302. The predicted octanol–water partition coefficient (Wildman–Crippen LogP) is 5.19. The molecule has 0 aliphatic rings. The molecule has 0 aliphatic carbocycles. The van der Waals surface area contributed by atoms with Gasteiger partial charge in [0.1, 0.15) is 18.2 Å². The molecule has 2 N–H and O–H groups in total. The van der Waals surface area contributed by atoms with Crippen LogP contribution in [0.15, 0.2) is 43.7 Å². The van der Waals surface area contributed by atoms with Gasteiger partial charge in [0.2, 0.25) is 0 Å². The molecule has 0 saturated carbocycles. The highest BCUT2D eigenvalue weighted by atomic mass is 79.9. The Balaban J connectivity index is 2.14. The Bertz CT molecular complexity index is 626. The molecular weight excluding hydrogens is 469 g/mol. The Morgan fingerprint density at radius 1 is 0.952 bits per heavy atom. The first-order valence-electron chi connectivity index (χ1n) is 6.26. The van der Waals surface area contributed by atoms with Crippen LogP contribution >= 0.6 is 47.8 Å². The first-order valence-corrected chi connectivity index (χ1v) is 8.64. The molecule has 0 bridgehead atoms. The van der Waals surface area contributed by atoms with Gasteiger partial charge in [-0.2, -0.15) is 0 Å². The van der Waals surface area contributed by atoms with E-state index in [2.05, 4.69) is 47.8 Å². The van der Waals surface area contributed by atoms with Crippen LogP contribution in [0, 0.1) is 5.82 Å². The number of halogens is 4. The molecule has 0 fully saturated rings. The molecule has 0 aromatic heterocycles. The van der Waals surface area contributed by atoms with Gasteiger partial charge in [0.05, 0.1) is 13.4 Å². The van der Waals surface area contributed by atoms with E-state index in [0.29, 0.717) is 17.6 Å². The van der Waals surface area contributed by atoms with Crippen molar-refractivity contribution in [2.45, 2.75) is 13.0 Å². The lowest BCUT2D eigenvalue weighted by Gasteiger charge is -2.12. The third kappa shape index (κ3) is 4.52. The molecule has 2 aromatic carbocycles. The fourth-order valence-corrected chi connectivity index (χ4v) is 3.78. The maximum atomic E-state index is 13.2. The summed E-state index contributed by atoms with van der Waals surface area (Å²) in [6, 6.07) is 8.81. The fourth-order valence-electron chi connectivity index (χ4n) is 1.85. The van der Waals surface area contributed by atoms with Crippen molar-refractivity contribution in [2.75, 3.05) is 6.54 Å². The predicted molar refractivity (Wildman–Crippen MR) is 93.0 cm³/mol. The van der Waals surface area contributed by atoms with Gasteiger partial charge in [-0.1, -0.05) is 6.07 Å². The molecule has 0 amide bonds. The summed E-state index contributed by atoms with van der Waals surface area (Å²) in [5.74, 6) is 0.434. The average Bonchev–Trinajstić information content (AvgIpc) is 2.42. The van der Waals surface area contributed by atoms with Crippen LogP contribution in [-0.4, -0.2) is 6.54 Å². The number of hydrogen-bond donors (Lipinski definition) is 1. The molecule has 0 unspecified atom stereocenters. The third-order valence-corrected chi connectivity index (χ3v) is 4.64. The van der Waals surface area contributed by atoms with Crippen LogP contribution in [0.3, 0.4) is 0 Å². The summed E-state index contributed by atoms with van der Waals surface area (Å²) in [7, 11) is 0. The number of rotatable bonds is 5. The monoisotopic (exact) mass is 479 g/mol. The second-order valence-corrected chi connectivity index (χ2v) is 7.03. The molecule has 2 rings (SSSR count). The van der Waals surface area contributed by atoms with E-state index in [1.807, 2.05) is 12.1 Å². The van der Waals surface area contributed by atoms with E-state index in [4.69, 9.17) is 10.5 Å².